The van der Waals surface area contributed by atoms with E-state index in [1.807, 2.05) is 25.1 Å². The predicted molar refractivity (Wildman–Crippen MR) is 77.1 cm³/mol. The van der Waals surface area contributed by atoms with E-state index in [1.54, 1.807) is 31.4 Å². The van der Waals surface area contributed by atoms with Gasteiger partial charge in [-0.25, -0.2) is 0 Å². The second-order valence-electron chi connectivity index (χ2n) is 4.11. The topological polar surface area (TPSA) is 38.3 Å². The second-order valence-corrected chi connectivity index (χ2v) is 4.52. The molecule has 19 heavy (non-hydrogen) atoms. The van der Waals surface area contributed by atoms with Gasteiger partial charge < -0.3 is 10.1 Å². The molecule has 1 amide bonds. The van der Waals surface area contributed by atoms with Crippen molar-refractivity contribution in [2.24, 2.45) is 0 Å². The van der Waals surface area contributed by atoms with Gasteiger partial charge in [-0.3, -0.25) is 4.79 Å². The predicted octanol–water partition coefficient (Wildman–Crippen LogP) is 3.91. The third-order valence-electron chi connectivity index (χ3n) is 2.81. The number of benzene rings is 2. The number of rotatable bonds is 3. The first-order valence-corrected chi connectivity index (χ1v) is 6.20. The molecule has 4 heteroatoms. The fraction of sp³-hybridized carbons (Fsp3) is 0.133. The third kappa shape index (κ3) is 3.06. The Morgan fingerprint density at radius 2 is 1.95 bits per heavy atom. The molecule has 2 rings (SSSR count). The Labute approximate surface area is 117 Å². The molecule has 0 atom stereocenters. The maximum absolute atomic E-state index is 12.2. The Kier molecular flexibility index (Phi) is 4.07. The van der Waals surface area contributed by atoms with Crippen molar-refractivity contribution in [1.82, 2.24) is 0 Å². The van der Waals surface area contributed by atoms with Crippen molar-refractivity contribution >= 4 is 23.2 Å². The molecule has 0 aliphatic rings. The van der Waals surface area contributed by atoms with Gasteiger partial charge in [-0.1, -0.05) is 29.8 Å². The normalized spacial score (nSPS) is 10.1. The first kappa shape index (κ1) is 13.4. The summed E-state index contributed by atoms with van der Waals surface area (Å²) in [6, 6.07) is 12.5. The fourth-order valence-corrected chi connectivity index (χ4v) is 1.91. The van der Waals surface area contributed by atoms with Crippen LogP contribution >= 0.6 is 11.6 Å². The Morgan fingerprint density at radius 1 is 1.21 bits per heavy atom. The van der Waals surface area contributed by atoms with Crippen LogP contribution in [-0.2, 0) is 0 Å². The summed E-state index contributed by atoms with van der Waals surface area (Å²) >= 11 is 6.05. The summed E-state index contributed by atoms with van der Waals surface area (Å²) in [5.74, 6) is 0.456. The zero-order valence-electron chi connectivity index (χ0n) is 10.7. The number of anilines is 1. The Balaban J connectivity index is 2.26. The van der Waals surface area contributed by atoms with Gasteiger partial charge in [-0.05, 0) is 30.7 Å². The van der Waals surface area contributed by atoms with Crippen LogP contribution in [0.4, 0.5) is 5.69 Å². The molecule has 0 spiro atoms. The van der Waals surface area contributed by atoms with E-state index in [-0.39, 0.29) is 5.91 Å². The lowest BCUT2D eigenvalue weighted by molar-refractivity contribution is 0.102. The molecule has 0 heterocycles. The average Bonchev–Trinajstić information content (AvgIpc) is 2.41. The Morgan fingerprint density at radius 3 is 2.63 bits per heavy atom. The third-order valence-corrected chi connectivity index (χ3v) is 3.14. The van der Waals surface area contributed by atoms with Gasteiger partial charge in [0.05, 0.1) is 17.8 Å². The van der Waals surface area contributed by atoms with Crippen LogP contribution in [0.25, 0.3) is 0 Å². The number of methoxy groups -OCH3 is 1. The minimum atomic E-state index is -0.187. The van der Waals surface area contributed by atoms with Crippen LogP contribution in [0.2, 0.25) is 5.02 Å². The first-order valence-electron chi connectivity index (χ1n) is 5.82. The van der Waals surface area contributed by atoms with Gasteiger partial charge >= 0.3 is 0 Å². The molecule has 3 nitrogen and oxygen atoms in total. The SMILES string of the molecule is COc1ccc(Cl)c(NC(=O)c2ccccc2C)c1. The molecule has 0 unspecified atom stereocenters. The number of hydrogen-bond donors (Lipinski definition) is 1. The number of nitrogens with one attached hydrogen (secondary N) is 1. The number of carbonyl (C=O) groups is 1. The molecular formula is C15H14ClNO2. The number of amides is 1. The maximum atomic E-state index is 12.2. The van der Waals surface area contributed by atoms with Crippen molar-refractivity contribution in [2.75, 3.05) is 12.4 Å². The molecule has 0 bridgehead atoms. The van der Waals surface area contributed by atoms with Crippen LogP contribution in [0, 0.1) is 6.92 Å². The molecule has 0 saturated carbocycles. The van der Waals surface area contributed by atoms with Gasteiger partial charge in [0.2, 0.25) is 0 Å². The number of ether oxygens (including phenoxy) is 1. The van der Waals surface area contributed by atoms with Gasteiger partial charge in [-0.15, -0.1) is 0 Å². The summed E-state index contributed by atoms with van der Waals surface area (Å²) < 4.78 is 5.11. The lowest BCUT2D eigenvalue weighted by Gasteiger charge is -2.10. The molecule has 2 aromatic carbocycles. The number of halogens is 1. The van der Waals surface area contributed by atoms with E-state index in [1.165, 1.54) is 0 Å². The summed E-state index contributed by atoms with van der Waals surface area (Å²) in [5, 5.41) is 3.27. The second kappa shape index (κ2) is 5.76. The highest BCUT2D eigenvalue weighted by molar-refractivity contribution is 6.34. The maximum Gasteiger partial charge on any atom is 0.255 e. The summed E-state index contributed by atoms with van der Waals surface area (Å²) in [4.78, 5) is 12.2. The minimum Gasteiger partial charge on any atom is -0.497 e. The van der Waals surface area contributed by atoms with Crippen molar-refractivity contribution in [3.8, 4) is 5.75 Å². The van der Waals surface area contributed by atoms with Crippen LogP contribution in [-0.4, -0.2) is 13.0 Å². The van der Waals surface area contributed by atoms with E-state index in [0.717, 1.165) is 5.56 Å². The lowest BCUT2D eigenvalue weighted by atomic mass is 10.1. The van der Waals surface area contributed by atoms with Gasteiger partial charge in [0.25, 0.3) is 5.91 Å². The largest absolute Gasteiger partial charge is 0.497 e. The number of aryl methyl sites for hydroxylation is 1. The van der Waals surface area contributed by atoms with Crippen LogP contribution < -0.4 is 10.1 Å². The number of carbonyl (C=O) groups excluding carboxylic acids is 1. The highest BCUT2D eigenvalue weighted by Crippen LogP contribution is 2.27. The van der Waals surface area contributed by atoms with Crippen LogP contribution in [0.1, 0.15) is 15.9 Å². The zero-order valence-corrected chi connectivity index (χ0v) is 11.5. The molecule has 0 aromatic heterocycles. The summed E-state index contributed by atoms with van der Waals surface area (Å²) in [7, 11) is 1.57. The molecular weight excluding hydrogens is 262 g/mol. The summed E-state index contributed by atoms with van der Waals surface area (Å²) in [6.07, 6.45) is 0. The van der Waals surface area contributed by atoms with Gasteiger partial charge in [0.1, 0.15) is 5.75 Å². The standard InChI is InChI=1S/C15H14ClNO2/c1-10-5-3-4-6-12(10)15(18)17-14-9-11(19-2)7-8-13(14)16/h3-9H,1-2H3,(H,17,18). The highest BCUT2D eigenvalue weighted by atomic mass is 35.5. The van der Waals surface area contributed by atoms with E-state index in [2.05, 4.69) is 5.32 Å². The van der Waals surface area contributed by atoms with E-state index >= 15 is 0 Å². The molecule has 0 saturated heterocycles. The summed E-state index contributed by atoms with van der Waals surface area (Å²) in [5.41, 5.74) is 2.08. The quantitative estimate of drug-likeness (QED) is 0.922. The van der Waals surface area contributed by atoms with Crippen molar-refractivity contribution in [1.29, 1.82) is 0 Å². The van der Waals surface area contributed by atoms with E-state index in [4.69, 9.17) is 16.3 Å². The molecule has 1 N–H and O–H groups in total. The van der Waals surface area contributed by atoms with Crippen molar-refractivity contribution in [3.05, 3.63) is 58.6 Å². The van der Waals surface area contributed by atoms with Gasteiger partial charge in [0.15, 0.2) is 0 Å². The van der Waals surface area contributed by atoms with Gasteiger partial charge in [0, 0.05) is 11.6 Å². The smallest absolute Gasteiger partial charge is 0.255 e. The van der Waals surface area contributed by atoms with Crippen molar-refractivity contribution in [2.45, 2.75) is 6.92 Å². The highest BCUT2D eigenvalue weighted by Gasteiger charge is 2.11. The molecule has 0 aliphatic heterocycles. The van der Waals surface area contributed by atoms with E-state index < -0.39 is 0 Å². The summed E-state index contributed by atoms with van der Waals surface area (Å²) in [6.45, 7) is 1.89. The lowest BCUT2D eigenvalue weighted by Crippen LogP contribution is -2.13. The van der Waals surface area contributed by atoms with Gasteiger partial charge in [-0.2, -0.15) is 0 Å². The van der Waals surface area contributed by atoms with E-state index in [9.17, 15) is 4.79 Å². The minimum absolute atomic E-state index is 0.187. The molecule has 0 radical (unpaired) electrons. The van der Waals surface area contributed by atoms with Crippen LogP contribution in [0.15, 0.2) is 42.5 Å². The van der Waals surface area contributed by atoms with E-state index in [0.29, 0.717) is 22.0 Å². The first-order chi connectivity index (χ1) is 9.11. The molecule has 98 valence electrons. The molecule has 2 aromatic rings. The van der Waals surface area contributed by atoms with Crippen molar-refractivity contribution < 1.29 is 9.53 Å². The number of hydrogen-bond acceptors (Lipinski definition) is 2. The fourth-order valence-electron chi connectivity index (χ4n) is 1.74. The average molecular weight is 276 g/mol. The zero-order chi connectivity index (χ0) is 13.8. The molecule has 0 fully saturated rings. The molecule has 0 aliphatic carbocycles. The van der Waals surface area contributed by atoms with Crippen LogP contribution in [0.3, 0.4) is 0 Å². The Bertz CT molecular complexity index is 611. The Hall–Kier alpha value is -2.00. The van der Waals surface area contributed by atoms with Crippen molar-refractivity contribution in [3.63, 3.8) is 0 Å². The monoisotopic (exact) mass is 275 g/mol. The van der Waals surface area contributed by atoms with Crippen LogP contribution in [0.5, 0.6) is 5.75 Å².